The van der Waals surface area contributed by atoms with E-state index in [2.05, 4.69) is 0 Å². The molecular formula is C11H20O4. The Morgan fingerprint density at radius 1 is 1.53 bits per heavy atom. The second-order valence-corrected chi connectivity index (χ2v) is 3.40. The van der Waals surface area contributed by atoms with Crippen molar-refractivity contribution < 1.29 is 19.7 Å². The number of aliphatic hydroxyl groups is 2. The minimum absolute atomic E-state index is 0.0184. The highest BCUT2D eigenvalue weighted by Crippen LogP contribution is 2.04. The molecule has 4 heteroatoms. The van der Waals surface area contributed by atoms with E-state index in [1.165, 1.54) is 0 Å². The van der Waals surface area contributed by atoms with Gasteiger partial charge in [0.2, 0.25) is 0 Å². The average Bonchev–Trinajstić information content (AvgIpc) is 2.25. The number of esters is 1. The molecule has 1 unspecified atom stereocenters. The van der Waals surface area contributed by atoms with Crippen molar-refractivity contribution in [1.29, 1.82) is 0 Å². The number of aliphatic hydroxyl groups excluding tert-OH is 2. The van der Waals surface area contributed by atoms with Gasteiger partial charge in [-0.2, -0.15) is 0 Å². The second kappa shape index (κ2) is 8.44. The van der Waals surface area contributed by atoms with Crippen molar-refractivity contribution in [3.05, 3.63) is 11.6 Å². The molecule has 88 valence electrons. The van der Waals surface area contributed by atoms with Crippen LogP contribution in [0.5, 0.6) is 0 Å². The van der Waals surface area contributed by atoms with Gasteiger partial charge < -0.3 is 14.9 Å². The van der Waals surface area contributed by atoms with Gasteiger partial charge in [0, 0.05) is 18.6 Å². The first-order valence-electron chi connectivity index (χ1n) is 5.24. The summed E-state index contributed by atoms with van der Waals surface area (Å²) in [6.07, 6.45) is 2.87. The number of hydrogen-bond acceptors (Lipinski definition) is 4. The van der Waals surface area contributed by atoms with E-state index in [9.17, 15) is 9.90 Å². The number of carbonyl (C=O) groups is 1. The van der Waals surface area contributed by atoms with Crippen molar-refractivity contribution in [1.82, 2.24) is 0 Å². The van der Waals surface area contributed by atoms with Crippen molar-refractivity contribution >= 4 is 5.97 Å². The van der Waals surface area contributed by atoms with E-state index in [1.807, 2.05) is 6.92 Å². The molecule has 0 aromatic rings. The van der Waals surface area contributed by atoms with Crippen molar-refractivity contribution in [2.45, 2.75) is 39.2 Å². The lowest BCUT2D eigenvalue weighted by Crippen LogP contribution is -2.09. The fourth-order valence-electron chi connectivity index (χ4n) is 0.906. The molecule has 0 bridgehead atoms. The first kappa shape index (κ1) is 14.1. The Morgan fingerprint density at radius 2 is 2.20 bits per heavy atom. The molecule has 0 saturated heterocycles. The molecule has 0 aromatic heterocycles. The summed E-state index contributed by atoms with van der Waals surface area (Å²) in [5.41, 5.74) is 0.500. The van der Waals surface area contributed by atoms with Crippen LogP contribution in [-0.2, 0) is 9.53 Å². The fraction of sp³-hybridized carbons (Fsp3) is 0.727. The number of ether oxygens (including phenoxy) is 1. The number of carbonyl (C=O) groups excluding carboxylic acids is 1. The van der Waals surface area contributed by atoms with Crippen LogP contribution < -0.4 is 0 Å². The molecule has 0 aliphatic carbocycles. The maximum absolute atomic E-state index is 11.3. The Morgan fingerprint density at radius 3 is 2.73 bits per heavy atom. The van der Waals surface area contributed by atoms with Crippen LogP contribution in [0, 0.1) is 0 Å². The SMILES string of the molecule is CCC(O)CC=C(C)C(=O)OCCCO. The summed E-state index contributed by atoms with van der Waals surface area (Å²) in [6.45, 7) is 3.79. The molecule has 0 saturated carbocycles. The highest BCUT2D eigenvalue weighted by atomic mass is 16.5. The first-order valence-corrected chi connectivity index (χ1v) is 5.24. The van der Waals surface area contributed by atoms with Crippen LogP contribution in [0.4, 0.5) is 0 Å². The molecule has 4 nitrogen and oxygen atoms in total. The zero-order valence-corrected chi connectivity index (χ0v) is 9.40. The van der Waals surface area contributed by atoms with E-state index >= 15 is 0 Å². The van der Waals surface area contributed by atoms with Crippen LogP contribution >= 0.6 is 0 Å². The Balaban J connectivity index is 3.86. The topological polar surface area (TPSA) is 66.8 Å². The maximum atomic E-state index is 11.3. The highest BCUT2D eigenvalue weighted by Gasteiger charge is 2.06. The standard InChI is InChI=1S/C11H20O4/c1-3-10(13)6-5-9(2)11(14)15-8-4-7-12/h5,10,12-13H,3-4,6-8H2,1-2H3. The van der Waals surface area contributed by atoms with Gasteiger partial charge in [-0.15, -0.1) is 0 Å². The van der Waals surface area contributed by atoms with E-state index in [0.717, 1.165) is 0 Å². The molecule has 0 aliphatic rings. The first-order chi connectivity index (χ1) is 7.11. The van der Waals surface area contributed by atoms with Gasteiger partial charge in [0.05, 0.1) is 12.7 Å². The minimum Gasteiger partial charge on any atom is -0.462 e. The van der Waals surface area contributed by atoms with Gasteiger partial charge in [0.15, 0.2) is 0 Å². The van der Waals surface area contributed by atoms with Crippen LogP contribution in [-0.4, -0.2) is 35.5 Å². The fourth-order valence-corrected chi connectivity index (χ4v) is 0.906. The molecule has 0 amide bonds. The summed E-state index contributed by atoms with van der Waals surface area (Å²) in [5, 5.41) is 17.8. The van der Waals surface area contributed by atoms with Crippen LogP contribution in [0.1, 0.15) is 33.1 Å². The zero-order valence-electron chi connectivity index (χ0n) is 9.40. The lowest BCUT2D eigenvalue weighted by Gasteiger charge is -2.06. The molecule has 0 rings (SSSR count). The number of rotatable bonds is 7. The molecule has 1 atom stereocenters. The molecule has 0 fully saturated rings. The highest BCUT2D eigenvalue weighted by molar-refractivity contribution is 5.87. The van der Waals surface area contributed by atoms with Crippen molar-refractivity contribution in [2.75, 3.05) is 13.2 Å². The molecule has 0 aromatic carbocycles. The number of hydrogen-bond donors (Lipinski definition) is 2. The normalized spacial score (nSPS) is 13.7. The minimum atomic E-state index is -0.398. The van der Waals surface area contributed by atoms with Crippen LogP contribution in [0.15, 0.2) is 11.6 Å². The van der Waals surface area contributed by atoms with Gasteiger partial charge in [-0.3, -0.25) is 0 Å². The Bertz CT molecular complexity index is 211. The molecule has 0 spiro atoms. The molecule has 0 radical (unpaired) electrons. The smallest absolute Gasteiger partial charge is 0.333 e. The summed E-state index contributed by atoms with van der Waals surface area (Å²) in [6, 6.07) is 0. The third-order valence-corrected chi connectivity index (χ3v) is 2.02. The monoisotopic (exact) mass is 216 g/mol. The summed E-state index contributed by atoms with van der Waals surface area (Å²) >= 11 is 0. The van der Waals surface area contributed by atoms with Crippen molar-refractivity contribution in [3.8, 4) is 0 Å². The largest absolute Gasteiger partial charge is 0.462 e. The summed E-state index contributed by atoms with van der Waals surface area (Å²) in [5.74, 6) is -0.383. The predicted octanol–water partition coefficient (Wildman–Crippen LogP) is 1.02. The zero-order chi connectivity index (χ0) is 11.7. The lowest BCUT2D eigenvalue weighted by atomic mass is 10.1. The second-order valence-electron chi connectivity index (χ2n) is 3.40. The third-order valence-electron chi connectivity index (χ3n) is 2.02. The van der Waals surface area contributed by atoms with Crippen molar-refractivity contribution in [2.24, 2.45) is 0 Å². The molecule has 0 aliphatic heterocycles. The van der Waals surface area contributed by atoms with Gasteiger partial charge in [0.25, 0.3) is 0 Å². The van der Waals surface area contributed by atoms with E-state index < -0.39 is 6.10 Å². The Kier molecular flexibility index (Phi) is 7.95. The predicted molar refractivity (Wildman–Crippen MR) is 57.3 cm³/mol. The average molecular weight is 216 g/mol. The van der Waals surface area contributed by atoms with Gasteiger partial charge in [-0.1, -0.05) is 13.0 Å². The summed E-state index contributed by atoms with van der Waals surface area (Å²) in [7, 11) is 0. The summed E-state index contributed by atoms with van der Waals surface area (Å²) in [4.78, 5) is 11.3. The van der Waals surface area contributed by atoms with Gasteiger partial charge in [0.1, 0.15) is 0 Å². The van der Waals surface area contributed by atoms with Gasteiger partial charge >= 0.3 is 5.97 Å². The van der Waals surface area contributed by atoms with Crippen LogP contribution in [0.3, 0.4) is 0 Å². The Labute approximate surface area is 90.6 Å². The van der Waals surface area contributed by atoms with Crippen molar-refractivity contribution in [3.63, 3.8) is 0 Å². The van der Waals surface area contributed by atoms with E-state index in [1.54, 1.807) is 13.0 Å². The summed E-state index contributed by atoms with van der Waals surface area (Å²) < 4.78 is 4.86. The molecule has 0 heterocycles. The van der Waals surface area contributed by atoms with E-state index in [4.69, 9.17) is 9.84 Å². The van der Waals surface area contributed by atoms with Gasteiger partial charge in [-0.05, 0) is 19.8 Å². The third kappa shape index (κ3) is 7.11. The van der Waals surface area contributed by atoms with E-state index in [-0.39, 0.29) is 19.2 Å². The quantitative estimate of drug-likeness (QED) is 0.379. The molecule has 15 heavy (non-hydrogen) atoms. The van der Waals surface area contributed by atoms with E-state index in [0.29, 0.717) is 24.8 Å². The Hall–Kier alpha value is -0.870. The maximum Gasteiger partial charge on any atom is 0.333 e. The molecular weight excluding hydrogens is 196 g/mol. The lowest BCUT2D eigenvalue weighted by molar-refractivity contribution is -0.139. The molecule has 2 N–H and O–H groups in total. The van der Waals surface area contributed by atoms with Crippen LogP contribution in [0.2, 0.25) is 0 Å². The van der Waals surface area contributed by atoms with Gasteiger partial charge in [-0.25, -0.2) is 4.79 Å². The van der Waals surface area contributed by atoms with Crippen LogP contribution in [0.25, 0.3) is 0 Å².